The number of imidazole rings is 1. The van der Waals surface area contributed by atoms with Gasteiger partial charge < -0.3 is 9.88 Å². The number of thiazole rings is 1. The highest BCUT2D eigenvalue weighted by atomic mass is 35.5. The first-order chi connectivity index (χ1) is 15.8. The summed E-state index contributed by atoms with van der Waals surface area (Å²) in [6.07, 6.45) is 4.69. The Kier molecular flexibility index (Phi) is 4.87. The Morgan fingerprint density at radius 2 is 2.26 bits per heavy atom. The van der Waals surface area contributed by atoms with Gasteiger partial charge in [-0.05, 0) is 24.6 Å². The topological polar surface area (TPSA) is 109 Å². The van der Waals surface area contributed by atoms with Crippen molar-refractivity contribution in [3.05, 3.63) is 52.8 Å². The third-order valence-corrected chi connectivity index (χ3v) is 7.34. The summed E-state index contributed by atoms with van der Waals surface area (Å²) in [5.41, 5.74) is 0.720. The van der Waals surface area contributed by atoms with Crippen molar-refractivity contribution in [1.29, 1.82) is 0 Å². The molecule has 1 aliphatic rings. The molecule has 2 N–H and O–H groups in total. The van der Waals surface area contributed by atoms with Gasteiger partial charge in [0.15, 0.2) is 0 Å². The number of anilines is 1. The van der Waals surface area contributed by atoms with Gasteiger partial charge in [0.1, 0.15) is 16.9 Å². The van der Waals surface area contributed by atoms with Crippen LogP contribution in [0.5, 0.6) is 0 Å². The zero-order valence-corrected chi connectivity index (χ0v) is 18.3. The minimum atomic E-state index is -4.61. The molecule has 2 aromatic heterocycles. The molecule has 13 heteroatoms. The van der Waals surface area contributed by atoms with Gasteiger partial charge >= 0.3 is 0 Å². The Balaban J connectivity index is 1.65. The van der Waals surface area contributed by atoms with Crippen molar-refractivity contribution < 1.29 is 21.7 Å². The molecule has 0 bridgehead atoms. The number of nitrogens with one attached hydrogen (secondary N) is 2. The molecular weight excluding hydrogens is 467 g/mol. The summed E-state index contributed by atoms with van der Waals surface area (Å²) in [7, 11) is -2.81. The van der Waals surface area contributed by atoms with Crippen LogP contribution < -0.4 is 10.0 Å². The molecule has 4 rings (SSSR count). The van der Waals surface area contributed by atoms with Gasteiger partial charge in [-0.1, -0.05) is 11.6 Å². The quantitative estimate of drug-likeness (QED) is 0.587. The highest BCUT2D eigenvalue weighted by Gasteiger charge is 2.41. The fourth-order valence-electron chi connectivity index (χ4n) is 3.04. The van der Waals surface area contributed by atoms with E-state index in [9.17, 15) is 17.6 Å². The zero-order chi connectivity index (χ0) is 24.8. The Hall–Kier alpha value is -2.38. The summed E-state index contributed by atoms with van der Waals surface area (Å²) < 4.78 is 66.6. The van der Waals surface area contributed by atoms with E-state index >= 15 is 0 Å². The lowest BCUT2D eigenvalue weighted by molar-refractivity contribution is -0.120. The van der Waals surface area contributed by atoms with Crippen molar-refractivity contribution in [3.8, 4) is 10.6 Å². The van der Waals surface area contributed by atoms with E-state index in [4.69, 9.17) is 15.7 Å². The molecule has 1 saturated heterocycles. The summed E-state index contributed by atoms with van der Waals surface area (Å²) in [5.74, 6) is -1.61. The van der Waals surface area contributed by atoms with Gasteiger partial charge in [0.2, 0.25) is 5.91 Å². The minimum Gasteiger partial charge on any atom is -0.340 e. The lowest BCUT2D eigenvalue weighted by Crippen LogP contribution is -2.55. The number of rotatable bonds is 4. The molecule has 3 heterocycles. The van der Waals surface area contributed by atoms with Gasteiger partial charge in [-0.2, -0.15) is 17.4 Å². The number of carbonyl (C=O) groups excluding carboxylic acids is 1. The number of amides is 1. The van der Waals surface area contributed by atoms with Crippen molar-refractivity contribution in [2.24, 2.45) is 7.05 Å². The molecule has 1 aliphatic heterocycles. The summed E-state index contributed by atoms with van der Waals surface area (Å²) in [5, 5.41) is 2.51. The van der Waals surface area contributed by atoms with Crippen LogP contribution in [0.1, 0.15) is 21.6 Å². The Bertz CT molecular complexity index is 1350. The van der Waals surface area contributed by atoms with Gasteiger partial charge in [0.05, 0.1) is 28.0 Å². The van der Waals surface area contributed by atoms with Gasteiger partial charge in [0.25, 0.3) is 10.2 Å². The molecule has 3 aromatic rings. The van der Waals surface area contributed by atoms with Gasteiger partial charge in [-0.25, -0.2) is 14.4 Å². The molecule has 0 unspecified atom stereocenters. The zero-order valence-electron chi connectivity index (χ0n) is 18.9. The fourth-order valence-corrected chi connectivity index (χ4v) is 5.44. The predicted molar refractivity (Wildman–Crippen MR) is 115 cm³/mol. The van der Waals surface area contributed by atoms with Crippen molar-refractivity contribution in [2.45, 2.75) is 18.5 Å². The SMILES string of the molecule is [2H]C([2H])([2H])N1[C@@H](C(=O)Nc2ccc(F)c(Cl)c2)C[C@@H](c2ncc(-c3cn(C)cn3)s2)NS1(=O)=O. The second-order valence-corrected chi connectivity index (χ2v) is 9.88. The van der Waals surface area contributed by atoms with Crippen molar-refractivity contribution >= 4 is 44.7 Å². The summed E-state index contributed by atoms with van der Waals surface area (Å²) in [6, 6.07) is 0.831. The van der Waals surface area contributed by atoms with E-state index in [1.54, 1.807) is 24.1 Å². The number of hydrogen-bond donors (Lipinski definition) is 2. The normalized spacial score (nSPS) is 23.0. The van der Waals surface area contributed by atoms with E-state index in [2.05, 4.69) is 20.0 Å². The lowest BCUT2D eigenvalue weighted by atomic mass is 10.1. The summed E-state index contributed by atoms with van der Waals surface area (Å²) >= 11 is 6.91. The molecule has 1 amide bonds. The van der Waals surface area contributed by atoms with Crippen molar-refractivity contribution in [1.82, 2.24) is 23.6 Å². The van der Waals surface area contributed by atoms with E-state index in [0.29, 0.717) is 15.6 Å². The number of aromatic nitrogens is 3. The largest absolute Gasteiger partial charge is 0.340 e. The molecule has 1 fully saturated rings. The van der Waals surface area contributed by atoms with E-state index in [0.717, 1.165) is 12.1 Å². The molecule has 9 nitrogen and oxygen atoms in total. The third-order valence-electron chi connectivity index (χ3n) is 4.56. The molecule has 1 aromatic carbocycles. The first-order valence-corrected chi connectivity index (χ1v) is 11.5. The maximum atomic E-state index is 13.4. The van der Waals surface area contributed by atoms with Crippen LogP contribution in [0, 0.1) is 5.82 Å². The second-order valence-electron chi connectivity index (χ2n) is 6.83. The van der Waals surface area contributed by atoms with Crippen LogP contribution in [0.15, 0.2) is 36.9 Å². The standard InChI is InChI=1S/C18H18ClFN6O3S2/c1-25-8-14(22-9-25)16-7-21-18(30-16)13-6-15(26(2)31(28,29)24-13)17(27)23-10-3-4-12(20)11(19)5-10/h3-5,7-9,13,15,24H,6H2,1-2H3,(H,23,27)/t13-,15+/m0/s1/i2D3. The third kappa shape index (κ3) is 4.48. The van der Waals surface area contributed by atoms with E-state index < -0.39 is 41.0 Å². The summed E-state index contributed by atoms with van der Waals surface area (Å²) in [4.78, 5) is 22.2. The molecule has 0 saturated carbocycles. The smallest absolute Gasteiger partial charge is 0.280 e. The number of aryl methyl sites for hydroxylation is 1. The molecule has 0 radical (unpaired) electrons. The van der Waals surface area contributed by atoms with Crippen LogP contribution in [0.3, 0.4) is 0 Å². The van der Waals surface area contributed by atoms with E-state index in [1.165, 1.54) is 23.6 Å². The maximum absolute atomic E-state index is 13.4. The lowest BCUT2D eigenvalue weighted by Gasteiger charge is -2.35. The monoisotopic (exact) mass is 487 g/mol. The molecule has 0 aliphatic carbocycles. The molecule has 164 valence electrons. The van der Waals surface area contributed by atoms with Gasteiger partial charge in [0, 0.05) is 36.2 Å². The summed E-state index contributed by atoms with van der Waals surface area (Å²) in [6.45, 7) is -3.14. The van der Waals surface area contributed by atoms with Crippen LogP contribution in [-0.2, 0) is 22.1 Å². The Morgan fingerprint density at radius 1 is 1.45 bits per heavy atom. The number of likely N-dealkylation sites (N-methyl/N-ethyl adjacent to an activating group) is 1. The molecule has 31 heavy (non-hydrogen) atoms. The number of nitrogens with zero attached hydrogens (tertiary/aromatic N) is 4. The van der Waals surface area contributed by atoms with Crippen LogP contribution in [0.25, 0.3) is 10.6 Å². The Morgan fingerprint density at radius 3 is 2.94 bits per heavy atom. The maximum Gasteiger partial charge on any atom is 0.280 e. The van der Waals surface area contributed by atoms with E-state index in [-0.39, 0.29) is 21.4 Å². The Labute approximate surface area is 191 Å². The van der Waals surface area contributed by atoms with Gasteiger partial charge in [-0.15, -0.1) is 11.3 Å². The van der Waals surface area contributed by atoms with Crippen LogP contribution in [0.4, 0.5) is 10.1 Å². The highest BCUT2D eigenvalue weighted by Crippen LogP contribution is 2.34. The van der Waals surface area contributed by atoms with Crippen LogP contribution in [-0.4, -0.2) is 46.2 Å². The molecule has 2 atom stereocenters. The molecule has 0 spiro atoms. The number of benzene rings is 1. The average molecular weight is 488 g/mol. The van der Waals surface area contributed by atoms with Gasteiger partial charge in [-0.3, -0.25) is 4.79 Å². The number of hydrogen-bond acceptors (Lipinski definition) is 6. The van der Waals surface area contributed by atoms with Crippen molar-refractivity contribution in [3.63, 3.8) is 0 Å². The van der Waals surface area contributed by atoms with Crippen LogP contribution in [0.2, 0.25) is 5.02 Å². The van der Waals surface area contributed by atoms with E-state index in [1.807, 2.05) is 0 Å². The molecular formula is C18H18ClFN6O3S2. The second kappa shape index (κ2) is 8.28. The fraction of sp³-hybridized carbons (Fsp3) is 0.278. The minimum absolute atomic E-state index is 0.0843. The first-order valence-electron chi connectivity index (χ1n) is 10.4. The highest BCUT2D eigenvalue weighted by molar-refractivity contribution is 7.87. The number of carbonyl (C=O) groups is 1. The number of halogens is 2. The average Bonchev–Trinajstić information content (AvgIpc) is 3.37. The predicted octanol–water partition coefficient (Wildman–Crippen LogP) is 2.55. The first kappa shape index (κ1) is 18.2. The van der Waals surface area contributed by atoms with Crippen LogP contribution >= 0.6 is 22.9 Å². The van der Waals surface area contributed by atoms with Crippen molar-refractivity contribution in [2.75, 3.05) is 12.3 Å².